The first-order chi connectivity index (χ1) is 18.7. The summed E-state index contributed by atoms with van der Waals surface area (Å²) in [7, 11) is 0. The molecule has 5 nitrogen and oxygen atoms in total. The highest BCUT2D eigenvalue weighted by molar-refractivity contribution is 7.07. The van der Waals surface area contributed by atoms with Crippen LogP contribution in [0.5, 0.6) is 0 Å². The molecule has 0 radical (unpaired) electrons. The lowest BCUT2D eigenvalue weighted by Gasteiger charge is -2.25. The lowest BCUT2D eigenvalue weighted by Crippen LogP contribution is -2.40. The predicted molar refractivity (Wildman–Crippen MR) is 153 cm³/mol. The minimum absolute atomic E-state index is 0.0182. The lowest BCUT2D eigenvalue weighted by molar-refractivity contribution is -0.138. The van der Waals surface area contributed by atoms with Gasteiger partial charge in [-0.25, -0.2) is 14.2 Å². The Labute approximate surface area is 230 Å². The van der Waals surface area contributed by atoms with Crippen molar-refractivity contribution in [3.63, 3.8) is 0 Å². The molecule has 7 heteroatoms. The van der Waals surface area contributed by atoms with Gasteiger partial charge in [0.25, 0.3) is 5.56 Å². The molecule has 1 aliphatic heterocycles. The van der Waals surface area contributed by atoms with Gasteiger partial charge in [-0.1, -0.05) is 98.8 Å². The molecule has 3 aromatic carbocycles. The number of halogens is 1. The van der Waals surface area contributed by atoms with E-state index in [9.17, 15) is 14.0 Å². The van der Waals surface area contributed by atoms with Gasteiger partial charge in [0.05, 0.1) is 28.5 Å². The zero-order valence-electron chi connectivity index (χ0n) is 22.3. The molecular formula is C32H29FN2O3S. The summed E-state index contributed by atoms with van der Waals surface area (Å²) in [6.45, 7) is 8.35. The van der Waals surface area contributed by atoms with Crippen molar-refractivity contribution in [3.05, 3.63) is 132 Å². The molecule has 0 unspecified atom stereocenters. The van der Waals surface area contributed by atoms with Gasteiger partial charge in [0, 0.05) is 5.56 Å². The summed E-state index contributed by atoms with van der Waals surface area (Å²) in [6, 6.07) is 22.5. The summed E-state index contributed by atoms with van der Waals surface area (Å²) in [5, 5.41) is 0. The van der Waals surface area contributed by atoms with Crippen LogP contribution in [-0.2, 0) is 14.9 Å². The monoisotopic (exact) mass is 540 g/mol. The van der Waals surface area contributed by atoms with Crippen LogP contribution in [0.4, 0.5) is 4.39 Å². The van der Waals surface area contributed by atoms with Crippen molar-refractivity contribution in [1.82, 2.24) is 4.57 Å². The largest absolute Gasteiger partial charge is 0.463 e. The number of ether oxygens (including phenoxy) is 1. The Morgan fingerprint density at radius 3 is 2.31 bits per heavy atom. The Hall–Kier alpha value is -4.10. The van der Waals surface area contributed by atoms with E-state index in [1.807, 2.05) is 48.5 Å². The fraction of sp³-hybridized carbons (Fsp3) is 0.219. The third-order valence-electron chi connectivity index (χ3n) is 6.63. The molecule has 39 heavy (non-hydrogen) atoms. The Morgan fingerprint density at radius 1 is 1.03 bits per heavy atom. The number of benzene rings is 3. The van der Waals surface area contributed by atoms with Crippen molar-refractivity contribution in [1.29, 1.82) is 0 Å². The number of carbonyl (C=O) groups is 1. The molecular weight excluding hydrogens is 511 g/mol. The second kappa shape index (κ2) is 10.6. The molecule has 1 aliphatic rings. The third kappa shape index (κ3) is 5.27. The number of rotatable bonds is 5. The number of nitrogens with zero attached hydrogens (tertiary/aromatic N) is 2. The Morgan fingerprint density at radius 2 is 1.69 bits per heavy atom. The van der Waals surface area contributed by atoms with E-state index < -0.39 is 17.8 Å². The summed E-state index contributed by atoms with van der Waals surface area (Å²) in [4.78, 5) is 32.6. The quantitative estimate of drug-likeness (QED) is 0.320. The van der Waals surface area contributed by atoms with Crippen LogP contribution in [0, 0.1) is 5.82 Å². The Kier molecular flexibility index (Phi) is 7.19. The molecule has 1 aromatic heterocycles. The van der Waals surface area contributed by atoms with Gasteiger partial charge < -0.3 is 4.74 Å². The normalized spacial score (nSPS) is 15.6. The number of thiazole rings is 1. The van der Waals surface area contributed by atoms with E-state index >= 15 is 0 Å². The first-order valence-electron chi connectivity index (χ1n) is 12.8. The van der Waals surface area contributed by atoms with E-state index in [2.05, 4.69) is 32.9 Å². The minimum atomic E-state index is -0.832. The van der Waals surface area contributed by atoms with Crippen molar-refractivity contribution in [2.45, 2.75) is 39.2 Å². The molecule has 0 saturated heterocycles. The van der Waals surface area contributed by atoms with Gasteiger partial charge in [0.2, 0.25) is 0 Å². The predicted octanol–water partition coefficient (Wildman–Crippen LogP) is 5.37. The first-order valence-corrected chi connectivity index (χ1v) is 13.6. The van der Waals surface area contributed by atoms with Crippen LogP contribution >= 0.6 is 11.3 Å². The first kappa shape index (κ1) is 26.5. The van der Waals surface area contributed by atoms with Crippen LogP contribution in [0.1, 0.15) is 56.0 Å². The van der Waals surface area contributed by atoms with Crippen molar-refractivity contribution in [3.8, 4) is 0 Å². The summed E-state index contributed by atoms with van der Waals surface area (Å²) in [5.41, 5.74) is 3.82. The number of esters is 1. The van der Waals surface area contributed by atoms with Crippen LogP contribution in [0.25, 0.3) is 11.8 Å². The van der Waals surface area contributed by atoms with Crippen LogP contribution in [0.15, 0.2) is 94.2 Å². The summed E-state index contributed by atoms with van der Waals surface area (Å²) in [5.74, 6) is -0.976. The van der Waals surface area contributed by atoms with Gasteiger partial charge in [-0.15, -0.1) is 0 Å². The second-order valence-corrected chi connectivity index (χ2v) is 11.4. The smallest absolute Gasteiger partial charge is 0.338 e. The Bertz CT molecular complexity index is 1730. The highest BCUT2D eigenvalue weighted by atomic mass is 32.1. The van der Waals surface area contributed by atoms with Crippen molar-refractivity contribution in [2.24, 2.45) is 4.99 Å². The molecule has 4 aromatic rings. The summed E-state index contributed by atoms with van der Waals surface area (Å²) in [6.07, 6.45) is 1.84. The molecule has 0 spiro atoms. The fourth-order valence-electron chi connectivity index (χ4n) is 4.63. The molecule has 5 rings (SSSR count). The molecule has 0 bridgehead atoms. The second-order valence-electron chi connectivity index (χ2n) is 10.4. The van der Waals surface area contributed by atoms with Crippen LogP contribution in [0.2, 0.25) is 0 Å². The fourth-order valence-corrected chi connectivity index (χ4v) is 5.63. The zero-order chi connectivity index (χ0) is 27.7. The maximum Gasteiger partial charge on any atom is 0.338 e. The molecule has 1 atom stereocenters. The van der Waals surface area contributed by atoms with E-state index in [4.69, 9.17) is 9.73 Å². The van der Waals surface area contributed by atoms with Crippen LogP contribution in [-0.4, -0.2) is 17.1 Å². The molecule has 0 saturated carbocycles. The molecule has 0 N–H and O–H groups in total. The molecule has 0 aliphatic carbocycles. The van der Waals surface area contributed by atoms with Gasteiger partial charge >= 0.3 is 5.97 Å². The van der Waals surface area contributed by atoms with Gasteiger partial charge in [-0.3, -0.25) is 9.36 Å². The lowest BCUT2D eigenvalue weighted by atomic mass is 9.87. The summed E-state index contributed by atoms with van der Waals surface area (Å²) < 4.78 is 21.4. The SMILES string of the molecule is CCOC(=O)C1=C(c2ccccc2)N=c2s/c(=C\c3ccc(C(C)(C)C)cc3)c(=O)n2[C@H]1c1ccc(F)cc1. The van der Waals surface area contributed by atoms with Gasteiger partial charge in [0.1, 0.15) is 5.82 Å². The van der Waals surface area contributed by atoms with Gasteiger partial charge in [-0.05, 0) is 47.2 Å². The van der Waals surface area contributed by atoms with E-state index in [1.54, 1.807) is 19.1 Å². The van der Waals surface area contributed by atoms with E-state index in [1.165, 1.54) is 33.6 Å². The molecule has 0 fully saturated rings. The van der Waals surface area contributed by atoms with Gasteiger partial charge in [-0.2, -0.15) is 0 Å². The maximum atomic E-state index is 13.9. The highest BCUT2D eigenvalue weighted by Crippen LogP contribution is 2.35. The number of hydrogen-bond donors (Lipinski definition) is 0. The minimum Gasteiger partial charge on any atom is -0.463 e. The average molecular weight is 541 g/mol. The summed E-state index contributed by atoms with van der Waals surface area (Å²) >= 11 is 1.26. The molecule has 2 heterocycles. The maximum absolute atomic E-state index is 13.9. The number of fused-ring (bicyclic) bond motifs is 1. The number of hydrogen-bond acceptors (Lipinski definition) is 5. The standard InChI is InChI=1S/C32H29FN2O3S/c1-5-38-30(37)26-27(21-9-7-6-8-10-21)34-31-35(28(26)22-13-17-24(33)18-14-22)29(36)25(39-31)19-20-11-15-23(16-12-20)32(2,3)4/h6-19,28H,5H2,1-4H3/b25-19-/t28-/m0/s1. The van der Waals surface area contributed by atoms with Crippen molar-refractivity contribution < 1.29 is 13.9 Å². The van der Waals surface area contributed by atoms with E-state index in [0.717, 1.165) is 11.1 Å². The number of aromatic nitrogens is 1. The van der Waals surface area contributed by atoms with E-state index in [0.29, 0.717) is 20.6 Å². The van der Waals surface area contributed by atoms with Crippen LogP contribution in [0.3, 0.4) is 0 Å². The topological polar surface area (TPSA) is 60.7 Å². The number of carbonyl (C=O) groups excluding carboxylic acids is 1. The molecule has 0 amide bonds. The van der Waals surface area contributed by atoms with Crippen molar-refractivity contribution in [2.75, 3.05) is 6.61 Å². The van der Waals surface area contributed by atoms with Crippen molar-refractivity contribution >= 4 is 29.1 Å². The zero-order valence-corrected chi connectivity index (χ0v) is 23.1. The molecule has 198 valence electrons. The van der Waals surface area contributed by atoms with Gasteiger partial charge in [0.15, 0.2) is 4.80 Å². The Balaban J connectivity index is 1.76. The third-order valence-corrected chi connectivity index (χ3v) is 7.62. The van der Waals surface area contributed by atoms with Crippen LogP contribution < -0.4 is 14.9 Å². The average Bonchev–Trinajstić information content (AvgIpc) is 3.23. The highest BCUT2D eigenvalue weighted by Gasteiger charge is 2.35. The van der Waals surface area contributed by atoms with E-state index in [-0.39, 0.29) is 23.2 Å².